The van der Waals surface area contributed by atoms with Crippen LogP contribution in [0.3, 0.4) is 0 Å². The van der Waals surface area contributed by atoms with Crippen molar-refractivity contribution in [3.8, 4) is 11.5 Å². The molecule has 6 nitrogen and oxygen atoms in total. The summed E-state index contributed by atoms with van der Waals surface area (Å²) in [5, 5.41) is 5.87. The second kappa shape index (κ2) is 9.10. The Morgan fingerprint density at radius 2 is 1.69 bits per heavy atom. The Hall–Kier alpha value is -2.73. The molecule has 0 aliphatic rings. The number of anilines is 1. The molecule has 26 heavy (non-hydrogen) atoms. The number of carbonyl (C=O) groups excluding carboxylic acids is 2. The summed E-state index contributed by atoms with van der Waals surface area (Å²) >= 11 is 6.20. The predicted octanol–water partition coefficient (Wildman–Crippen LogP) is 3.56. The Morgan fingerprint density at radius 1 is 1.08 bits per heavy atom. The van der Waals surface area contributed by atoms with Crippen molar-refractivity contribution >= 4 is 29.1 Å². The number of benzene rings is 2. The maximum Gasteiger partial charge on any atom is 0.226 e. The van der Waals surface area contributed by atoms with Crippen molar-refractivity contribution in [2.24, 2.45) is 0 Å². The molecule has 7 heteroatoms. The molecular weight excluding hydrogens is 356 g/mol. The van der Waals surface area contributed by atoms with Crippen molar-refractivity contribution in [3.63, 3.8) is 0 Å². The highest BCUT2D eigenvalue weighted by atomic mass is 35.5. The van der Waals surface area contributed by atoms with Crippen LogP contribution in [0.5, 0.6) is 11.5 Å². The topological polar surface area (TPSA) is 76.7 Å². The van der Waals surface area contributed by atoms with Crippen LogP contribution in [0.4, 0.5) is 5.69 Å². The summed E-state index contributed by atoms with van der Waals surface area (Å²) in [4.78, 5) is 24.0. The highest BCUT2D eigenvalue weighted by molar-refractivity contribution is 6.34. The van der Waals surface area contributed by atoms with Gasteiger partial charge in [-0.05, 0) is 5.56 Å². The SMILES string of the molecule is COc1cc(Cl)c(NC(=O)CC(NC(C)=O)c2ccccc2)cc1OC. The molecule has 1 atom stereocenters. The van der Waals surface area contributed by atoms with Gasteiger partial charge >= 0.3 is 0 Å². The first-order chi connectivity index (χ1) is 12.4. The molecule has 2 aromatic carbocycles. The molecule has 1 unspecified atom stereocenters. The van der Waals surface area contributed by atoms with Crippen molar-refractivity contribution in [1.29, 1.82) is 0 Å². The van der Waals surface area contributed by atoms with Crippen molar-refractivity contribution in [2.75, 3.05) is 19.5 Å². The Bertz CT molecular complexity index is 781. The van der Waals surface area contributed by atoms with Gasteiger partial charge in [-0.15, -0.1) is 0 Å². The zero-order valence-corrected chi connectivity index (χ0v) is 15.6. The van der Waals surface area contributed by atoms with E-state index in [1.54, 1.807) is 12.1 Å². The summed E-state index contributed by atoms with van der Waals surface area (Å²) < 4.78 is 10.4. The van der Waals surface area contributed by atoms with Crippen LogP contribution in [0.2, 0.25) is 5.02 Å². The fourth-order valence-electron chi connectivity index (χ4n) is 2.52. The molecule has 2 rings (SSSR count). The van der Waals surface area contributed by atoms with Crippen LogP contribution in [-0.4, -0.2) is 26.0 Å². The number of hydrogen-bond acceptors (Lipinski definition) is 4. The predicted molar refractivity (Wildman–Crippen MR) is 101 cm³/mol. The van der Waals surface area contributed by atoms with Crippen LogP contribution in [0.15, 0.2) is 42.5 Å². The molecule has 0 aliphatic carbocycles. The van der Waals surface area contributed by atoms with E-state index in [1.807, 2.05) is 30.3 Å². The second-order valence-corrected chi connectivity index (χ2v) is 6.01. The number of methoxy groups -OCH3 is 2. The van der Waals surface area contributed by atoms with Gasteiger partial charge in [0.15, 0.2) is 11.5 Å². The number of nitrogens with one attached hydrogen (secondary N) is 2. The molecule has 0 radical (unpaired) electrons. The minimum absolute atomic E-state index is 0.0638. The van der Waals surface area contributed by atoms with Gasteiger partial charge in [-0.25, -0.2) is 0 Å². The molecule has 0 heterocycles. The van der Waals surface area contributed by atoms with Crippen LogP contribution >= 0.6 is 11.6 Å². The van der Waals surface area contributed by atoms with Crippen LogP contribution in [0.25, 0.3) is 0 Å². The highest BCUT2D eigenvalue weighted by Gasteiger charge is 2.18. The third-order valence-corrected chi connectivity index (χ3v) is 4.03. The van der Waals surface area contributed by atoms with E-state index in [4.69, 9.17) is 21.1 Å². The van der Waals surface area contributed by atoms with Gasteiger partial charge in [-0.1, -0.05) is 41.9 Å². The lowest BCUT2D eigenvalue weighted by atomic mass is 10.0. The van der Waals surface area contributed by atoms with E-state index in [9.17, 15) is 9.59 Å². The lowest BCUT2D eigenvalue weighted by Gasteiger charge is -2.19. The fourth-order valence-corrected chi connectivity index (χ4v) is 2.72. The van der Waals surface area contributed by atoms with Crippen LogP contribution in [0.1, 0.15) is 24.9 Å². The number of carbonyl (C=O) groups is 2. The van der Waals surface area contributed by atoms with Gasteiger partial charge < -0.3 is 20.1 Å². The first-order valence-corrected chi connectivity index (χ1v) is 8.35. The summed E-state index contributed by atoms with van der Waals surface area (Å²) in [5.41, 5.74) is 1.25. The molecule has 0 saturated carbocycles. The minimum atomic E-state index is -0.437. The van der Waals surface area contributed by atoms with Gasteiger partial charge in [0.25, 0.3) is 0 Å². The quantitative estimate of drug-likeness (QED) is 0.774. The third-order valence-electron chi connectivity index (χ3n) is 3.72. The van der Waals surface area contributed by atoms with Gasteiger partial charge in [0.1, 0.15) is 0 Å². The Labute approximate surface area is 157 Å². The van der Waals surface area contributed by atoms with E-state index in [1.165, 1.54) is 21.1 Å². The van der Waals surface area contributed by atoms with Crippen molar-refractivity contribution in [2.45, 2.75) is 19.4 Å². The molecule has 0 bridgehead atoms. The van der Waals surface area contributed by atoms with E-state index in [0.29, 0.717) is 22.2 Å². The number of amides is 2. The van der Waals surface area contributed by atoms with Crippen molar-refractivity contribution in [3.05, 3.63) is 53.1 Å². The summed E-state index contributed by atoms with van der Waals surface area (Å²) in [6.07, 6.45) is 0.0638. The van der Waals surface area contributed by atoms with Gasteiger partial charge in [-0.3, -0.25) is 9.59 Å². The molecule has 0 aromatic heterocycles. The van der Waals surface area contributed by atoms with E-state index in [-0.39, 0.29) is 18.2 Å². The normalized spacial score (nSPS) is 11.4. The number of hydrogen-bond donors (Lipinski definition) is 2. The van der Waals surface area contributed by atoms with Crippen molar-refractivity contribution in [1.82, 2.24) is 5.32 Å². The zero-order chi connectivity index (χ0) is 19.1. The molecular formula is C19H21ClN2O4. The molecule has 138 valence electrons. The molecule has 2 aromatic rings. The number of ether oxygens (including phenoxy) is 2. The van der Waals surface area contributed by atoms with Gasteiger partial charge in [-0.2, -0.15) is 0 Å². The van der Waals surface area contributed by atoms with Crippen molar-refractivity contribution < 1.29 is 19.1 Å². The van der Waals surface area contributed by atoms with Gasteiger partial charge in [0.2, 0.25) is 11.8 Å². The van der Waals surface area contributed by atoms with E-state index in [2.05, 4.69) is 10.6 Å². The van der Waals surface area contributed by atoms with Crippen LogP contribution in [-0.2, 0) is 9.59 Å². The van der Waals surface area contributed by atoms with E-state index < -0.39 is 6.04 Å². The Morgan fingerprint density at radius 3 is 2.27 bits per heavy atom. The van der Waals surface area contributed by atoms with Crippen LogP contribution in [0, 0.1) is 0 Å². The monoisotopic (exact) mass is 376 g/mol. The van der Waals surface area contributed by atoms with E-state index >= 15 is 0 Å². The second-order valence-electron chi connectivity index (χ2n) is 5.60. The molecule has 0 spiro atoms. The summed E-state index contributed by atoms with van der Waals surface area (Å²) in [6.45, 7) is 1.42. The fraction of sp³-hybridized carbons (Fsp3) is 0.263. The Balaban J connectivity index is 2.16. The zero-order valence-electron chi connectivity index (χ0n) is 14.8. The first kappa shape index (κ1) is 19.6. The largest absolute Gasteiger partial charge is 0.493 e. The van der Waals surface area contributed by atoms with Crippen LogP contribution < -0.4 is 20.1 Å². The lowest BCUT2D eigenvalue weighted by molar-refractivity contribution is -0.120. The molecule has 0 aliphatic heterocycles. The summed E-state index contributed by atoms with van der Waals surface area (Å²) in [7, 11) is 3.00. The summed E-state index contributed by atoms with van der Waals surface area (Å²) in [5.74, 6) is 0.419. The summed E-state index contributed by atoms with van der Waals surface area (Å²) in [6, 6.07) is 12.0. The smallest absolute Gasteiger partial charge is 0.226 e. The van der Waals surface area contributed by atoms with Gasteiger partial charge in [0.05, 0.1) is 37.4 Å². The average Bonchev–Trinajstić information content (AvgIpc) is 2.62. The molecule has 2 N–H and O–H groups in total. The minimum Gasteiger partial charge on any atom is -0.493 e. The standard InChI is InChI=1S/C19H21ClN2O4/c1-12(23)21-15(13-7-5-4-6-8-13)11-19(24)22-16-10-18(26-3)17(25-2)9-14(16)20/h4-10,15H,11H2,1-3H3,(H,21,23)(H,22,24). The molecule has 2 amide bonds. The van der Waals surface area contributed by atoms with Gasteiger partial charge in [0, 0.05) is 19.1 Å². The van der Waals surface area contributed by atoms with E-state index in [0.717, 1.165) is 5.56 Å². The maximum absolute atomic E-state index is 12.5. The lowest BCUT2D eigenvalue weighted by Crippen LogP contribution is -2.29. The first-order valence-electron chi connectivity index (χ1n) is 7.98. The third kappa shape index (κ3) is 5.13. The highest BCUT2D eigenvalue weighted by Crippen LogP contribution is 2.36. The number of rotatable bonds is 7. The number of halogens is 1. The average molecular weight is 377 g/mol. The molecule has 0 saturated heterocycles. The maximum atomic E-state index is 12.5. The molecule has 0 fully saturated rings. The Kier molecular flexibility index (Phi) is 6.86.